The van der Waals surface area contributed by atoms with Crippen LogP contribution in [-0.4, -0.2) is 4.92 Å². The van der Waals surface area contributed by atoms with Gasteiger partial charge in [-0.3, -0.25) is 10.1 Å². The topological polar surface area (TPSA) is 43.1 Å². The lowest BCUT2D eigenvalue weighted by atomic mass is 10.2. The molecule has 1 aromatic heterocycles. The summed E-state index contributed by atoms with van der Waals surface area (Å²) in [6.07, 6.45) is 0. The third kappa shape index (κ3) is 1.47. The van der Waals surface area contributed by atoms with Gasteiger partial charge in [0.1, 0.15) is 0 Å². The molecule has 1 heterocycles. The fraction of sp³-hybridized carbons (Fsp3) is 0. The molecule has 72 valence electrons. The maximum atomic E-state index is 10.5. The van der Waals surface area contributed by atoms with E-state index in [-0.39, 0.29) is 5.69 Å². The molecule has 0 fully saturated rings. The molecule has 14 heavy (non-hydrogen) atoms. The molecule has 0 aliphatic carbocycles. The lowest BCUT2D eigenvalue weighted by Crippen LogP contribution is -1.85. The van der Waals surface area contributed by atoms with Crippen molar-refractivity contribution in [2.45, 2.75) is 4.21 Å². The molecule has 2 rings (SSSR count). The van der Waals surface area contributed by atoms with Gasteiger partial charge >= 0.3 is 0 Å². The van der Waals surface area contributed by atoms with E-state index in [1.54, 1.807) is 6.07 Å². The number of nitro benzene ring substituents is 1. The number of fused-ring (bicyclic) bond motifs is 1. The molecule has 0 atom stereocenters. The summed E-state index contributed by atoms with van der Waals surface area (Å²) in [5, 5.41) is 11.7. The quantitative estimate of drug-likeness (QED) is 0.472. The van der Waals surface area contributed by atoms with E-state index < -0.39 is 4.92 Å². The third-order valence-electron chi connectivity index (χ3n) is 1.80. The van der Waals surface area contributed by atoms with Crippen LogP contribution in [0.25, 0.3) is 10.1 Å². The number of benzene rings is 1. The van der Waals surface area contributed by atoms with E-state index in [2.05, 4.69) is 12.6 Å². The van der Waals surface area contributed by atoms with Gasteiger partial charge in [0.2, 0.25) is 0 Å². The van der Waals surface area contributed by atoms with Gasteiger partial charge in [-0.25, -0.2) is 0 Å². The molecule has 2 aromatic rings. The Labute approximate surface area is 93.9 Å². The maximum absolute atomic E-state index is 10.5. The largest absolute Gasteiger partial charge is 0.270 e. The number of nitro groups is 1. The number of hydrogen-bond donors (Lipinski definition) is 1. The van der Waals surface area contributed by atoms with Gasteiger partial charge in [-0.15, -0.1) is 24.0 Å². The molecular formula is C8H4ClNO2S2. The summed E-state index contributed by atoms with van der Waals surface area (Å²) in [5.41, 5.74) is 0.0468. The van der Waals surface area contributed by atoms with E-state index in [1.165, 1.54) is 23.5 Å². The lowest BCUT2D eigenvalue weighted by molar-refractivity contribution is -0.384. The van der Waals surface area contributed by atoms with Crippen LogP contribution >= 0.6 is 35.6 Å². The molecule has 0 saturated heterocycles. The number of hydrogen-bond acceptors (Lipinski definition) is 4. The first-order valence-corrected chi connectivity index (χ1v) is 5.29. The molecule has 0 unspecified atom stereocenters. The highest BCUT2D eigenvalue weighted by molar-refractivity contribution is 7.83. The van der Waals surface area contributed by atoms with Crippen molar-refractivity contribution in [3.8, 4) is 0 Å². The smallest absolute Gasteiger partial charge is 0.258 e. The Hall–Kier alpha value is -0.780. The molecule has 3 nitrogen and oxygen atoms in total. The van der Waals surface area contributed by atoms with E-state index in [9.17, 15) is 10.1 Å². The van der Waals surface area contributed by atoms with Crippen LogP contribution in [0.3, 0.4) is 0 Å². The second-order valence-electron chi connectivity index (χ2n) is 2.66. The summed E-state index contributed by atoms with van der Waals surface area (Å²) < 4.78 is 1.59. The number of rotatable bonds is 1. The summed E-state index contributed by atoms with van der Waals surface area (Å²) in [5.74, 6) is 0. The minimum Gasteiger partial charge on any atom is -0.258 e. The van der Waals surface area contributed by atoms with Gasteiger partial charge in [-0.05, 0) is 6.07 Å². The second-order valence-corrected chi connectivity index (χ2v) is 4.84. The monoisotopic (exact) mass is 245 g/mol. The van der Waals surface area contributed by atoms with Crippen molar-refractivity contribution in [3.05, 3.63) is 33.3 Å². The average molecular weight is 246 g/mol. The van der Waals surface area contributed by atoms with Crippen LogP contribution in [0, 0.1) is 10.1 Å². The molecule has 0 saturated carbocycles. The summed E-state index contributed by atoms with van der Waals surface area (Å²) in [6, 6.07) is 4.61. The number of thiol groups is 1. The van der Waals surface area contributed by atoms with Crippen LogP contribution in [0.5, 0.6) is 0 Å². The first-order valence-electron chi connectivity index (χ1n) is 3.65. The number of halogens is 1. The zero-order valence-corrected chi connectivity index (χ0v) is 9.20. The van der Waals surface area contributed by atoms with Crippen LogP contribution in [-0.2, 0) is 0 Å². The van der Waals surface area contributed by atoms with Gasteiger partial charge in [0, 0.05) is 22.2 Å². The minimum atomic E-state index is -0.439. The minimum absolute atomic E-state index is 0.0468. The van der Waals surface area contributed by atoms with Crippen molar-refractivity contribution in [3.63, 3.8) is 0 Å². The zero-order chi connectivity index (χ0) is 10.3. The molecule has 1 aromatic carbocycles. The van der Waals surface area contributed by atoms with E-state index >= 15 is 0 Å². The van der Waals surface area contributed by atoms with Gasteiger partial charge in [-0.2, -0.15) is 0 Å². The molecule has 0 N–H and O–H groups in total. The van der Waals surface area contributed by atoms with Crippen LogP contribution in [0.1, 0.15) is 0 Å². The van der Waals surface area contributed by atoms with Crippen molar-refractivity contribution in [1.29, 1.82) is 0 Å². The molecule has 6 heteroatoms. The van der Waals surface area contributed by atoms with E-state index in [4.69, 9.17) is 11.6 Å². The Morgan fingerprint density at radius 1 is 1.50 bits per heavy atom. The standard InChI is InChI=1S/C8H4ClNO2S2/c9-7-5-3-4(10(11)12)1-2-6(5)14-8(7)13/h1-3,13H. The Bertz CT molecular complexity index is 523. The molecule has 0 spiro atoms. The average Bonchev–Trinajstić information content (AvgIpc) is 2.43. The highest BCUT2D eigenvalue weighted by Gasteiger charge is 2.12. The number of thiophene rings is 1. The third-order valence-corrected chi connectivity index (χ3v) is 3.91. The molecule has 0 aliphatic rings. The van der Waals surface area contributed by atoms with Crippen LogP contribution in [0.4, 0.5) is 5.69 Å². The predicted octanol–water partition coefficient (Wildman–Crippen LogP) is 3.75. The van der Waals surface area contributed by atoms with Crippen molar-refractivity contribution >= 4 is 51.3 Å². The second kappa shape index (κ2) is 3.42. The van der Waals surface area contributed by atoms with Crippen molar-refractivity contribution < 1.29 is 4.92 Å². The molecule has 0 radical (unpaired) electrons. The fourth-order valence-corrected chi connectivity index (χ4v) is 2.71. The Morgan fingerprint density at radius 2 is 2.21 bits per heavy atom. The normalized spacial score (nSPS) is 10.7. The summed E-state index contributed by atoms with van der Waals surface area (Å²) in [4.78, 5) is 10.1. The number of non-ortho nitro benzene ring substituents is 1. The summed E-state index contributed by atoms with van der Waals surface area (Å²) in [6.45, 7) is 0. The lowest BCUT2D eigenvalue weighted by Gasteiger charge is -1.91. The Morgan fingerprint density at radius 3 is 2.86 bits per heavy atom. The highest BCUT2D eigenvalue weighted by Crippen LogP contribution is 2.38. The van der Waals surface area contributed by atoms with Gasteiger partial charge in [0.25, 0.3) is 5.69 Å². The van der Waals surface area contributed by atoms with E-state index in [0.29, 0.717) is 14.6 Å². The zero-order valence-electron chi connectivity index (χ0n) is 6.73. The molecular weight excluding hydrogens is 242 g/mol. The van der Waals surface area contributed by atoms with Gasteiger partial charge in [-0.1, -0.05) is 11.6 Å². The van der Waals surface area contributed by atoms with Crippen LogP contribution < -0.4 is 0 Å². The first kappa shape index (κ1) is 9.76. The van der Waals surface area contributed by atoms with E-state index in [1.807, 2.05) is 0 Å². The predicted molar refractivity (Wildman–Crippen MR) is 60.7 cm³/mol. The first-order chi connectivity index (χ1) is 6.59. The van der Waals surface area contributed by atoms with Crippen molar-refractivity contribution in [2.24, 2.45) is 0 Å². The Kier molecular flexibility index (Phi) is 2.38. The summed E-state index contributed by atoms with van der Waals surface area (Å²) >= 11 is 11.5. The Balaban J connectivity index is 2.76. The maximum Gasteiger partial charge on any atom is 0.270 e. The number of nitrogens with zero attached hydrogens (tertiary/aromatic N) is 1. The van der Waals surface area contributed by atoms with Crippen molar-refractivity contribution in [2.75, 3.05) is 0 Å². The van der Waals surface area contributed by atoms with Gasteiger partial charge < -0.3 is 0 Å². The molecule has 0 amide bonds. The molecule has 0 aliphatic heterocycles. The summed E-state index contributed by atoms with van der Waals surface area (Å²) in [7, 11) is 0. The molecule has 0 bridgehead atoms. The highest BCUT2D eigenvalue weighted by atomic mass is 35.5. The fourth-order valence-electron chi connectivity index (χ4n) is 1.16. The van der Waals surface area contributed by atoms with Crippen LogP contribution in [0.15, 0.2) is 22.4 Å². The van der Waals surface area contributed by atoms with Gasteiger partial charge in [0.15, 0.2) is 0 Å². The van der Waals surface area contributed by atoms with Crippen molar-refractivity contribution in [1.82, 2.24) is 0 Å². The SMILES string of the molecule is O=[N+]([O-])c1ccc2sc(S)c(Cl)c2c1. The van der Waals surface area contributed by atoms with E-state index in [0.717, 1.165) is 4.70 Å². The van der Waals surface area contributed by atoms with Gasteiger partial charge in [0.05, 0.1) is 14.2 Å². The van der Waals surface area contributed by atoms with Crippen LogP contribution in [0.2, 0.25) is 5.02 Å².